The van der Waals surface area contributed by atoms with Crippen molar-refractivity contribution in [3.63, 3.8) is 0 Å². The predicted molar refractivity (Wildman–Crippen MR) is 143 cm³/mol. The monoisotopic (exact) mass is 594 g/mol. The van der Waals surface area contributed by atoms with Gasteiger partial charge in [0.05, 0.1) is 0 Å². The van der Waals surface area contributed by atoms with Crippen molar-refractivity contribution in [3.05, 3.63) is 47.7 Å². The molecule has 4 rings (SSSR count). The van der Waals surface area contributed by atoms with Crippen LogP contribution in [0.15, 0.2) is 36.4 Å². The van der Waals surface area contributed by atoms with E-state index in [-0.39, 0.29) is 28.6 Å². The molecule has 1 fully saturated rings. The number of pyridine rings is 1. The van der Waals surface area contributed by atoms with E-state index in [1.807, 2.05) is 6.07 Å². The van der Waals surface area contributed by atoms with Crippen molar-refractivity contribution in [1.29, 1.82) is 0 Å². The molecule has 12 heteroatoms. The van der Waals surface area contributed by atoms with Crippen LogP contribution < -0.4 is 25.1 Å². The number of nitrogens with one attached hydrogen (secondary N) is 3. The molecule has 0 aliphatic carbocycles. The fourth-order valence-electron chi connectivity index (χ4n) is 4.21. The van der Waals surface area contributed by atoms with Gasteiger partial charge in [-0.2, -0.15) is 0 Å². The maximum absolute atomic E-state index is 13.5. The van der Waals surface area contributed by atoms with E-state index < -0.39 is 20.0 Å². The van der Waals surface area contributed by atoms with Crippen molar-refractivity contribution in [2.75, 3.05) is 51.5 Å². The van der Waals surface area contributed by atoms with E-state index in [0.29, 0.717) is 28.3 Å². The van der Waals surface area contributed by atoms with Crippen LogP contribution in [-0.2, 0) is 0 Å². The Bertz CT molecular complexity index is 1360. The molecule has 1 aliphatic heterocycles. The summed E-state index contributed by atoms with van der Waals surface area (Å²) in [5.41, 5.74) is 1.57. The first kappa shape index (κ1) is 27.6. The van der Waals surface area contributed by atoms with Gasteiger partial charge >= 0.3 is 219 Å². The van der Waals surface area contributed by atoms with Gasteiger partial charge in [-0.3, -0.25) is 0 Å². The first-order chi connectivity index (χ1) is 18.2. The van der Waals surface area contributed by atoms with Crippen LogP contribution in [0.3, 0.4) is 0 Å². The zero-order valence-corrected chi connectivity index (χ0v) is 23.0. The number of hydrogen-bond acceptors (Lipinski definition) is 6. The van der Waals surface area contributed by atoms with Gasteiger partial charge in [-0.25, -0.2) is 0 Å². The van der Waals surface area contributed by atoms with Gasteiger partial charge in [0.15, 0.2) is 0 Å². The Morgan fingerprint density at radius 3 is 2.68 bits per heavy atom. The number of likely N-dealkylation sites (tertiary alicyclic amines) is 1. The number of rotatable bonds is 7. The maximum atomic E-state index is 13.5. The van der Waals surface area contributed by atoms with Crippen LogP contribution in [0.2, 0.25) is 0 Å². The van der Waals surface area contributed by atoms with Gasteiger partial charge in [-0.15, -0.1) is 0 Å². The van der Waals surface area contributed by atoms with Crippen molar-refractivity contribution in [3.8, 4) is 17.6 Å². The summed E-state index contributed by atoms with van der Waals surface area (Å²) in [6.07, 6.45) is 1.89. The minimum absolute atomic E-state index is 0.108. The summed E-state index contributed by atoms with van der Waals surface area (Å²) in [5.74, 6) is 6.59. The number of anilines is 2. The summed E-state index contributed by atoms with van der Waals surface area (Å²) in [6.45, 7) is 2.05. The van der Waals surface area contributed by atoms with Crippen LogP contribution in [0.4, 0.5) is 24.7 Å². The predicted octanol–water partition coefficient (Wildman–Crippen LogP) is 2.52. The van der Waals surface area contributed by atoms with Crippen LogP contribution >= 0.6 is 0 Å². The van der Waals surface area contributed by atoms with Gasteiger partial charge in [0.25, 0.3) is 0 Å². The molecule has 1 aliphatic rings. The van der Waals surface area contributed by atoms with E-state index in [1.54, 1.807) is 34.8 Å². The molecule has 8 nitrogen and oxygen atoms in total. The average Bonchev–Trinajstić information content (AvgIpc) is 3.24. The normalized spacial score (nSPS) is 14.6. The second-order valence-electron chi connectivity index (χ2n) is 8.81. The van der Waals surface area contributed by atoms with Crippen LogP contribution in [0.1, 0.15) is 28.9 Å². The third-order valence-electron chi connectivity index (χ3n) is 6.17. The molecule has 1 saturated heterocycles. The number of aromatic nitrogens is 2. The number of carbonyl (C=O) groups excluding carboxylic acids is 1. The van der Waals surface area contributed by atoms with Gasteiger partial charge in [-0.05, 0) is 0 Å². The van der Waals surface area contributed by atoms with Crippen molar-refractivity contribution in [2.24, 2.45) is 0 Å². The molecule has 0 radical (unpaired) electrons. The third kappa shape index (κ3) is 6.72. The molecule has 3 heterocycles. The van der Waals surface area contributed by atoms with E-state index >= 15 is 0 Å². The van der Waals surface area contributed by atoms with E-state index in [0.717, 1.165) is 25.9 Å². The number of amides is 1. The van der Waals surface area contributed by atoms with E-state index in [2.05, 4.69) is 44.8 Å². The first-order valence-electron chi connectivity index (χ1n) is 12.0. The summed E-state index contributed by atoms with van der Waals surface area (Å²) >= 11 is -1.81. The standard InChI is InChI=1S/C26H29F3N6O2Se/c1-30-25(36)17-9-10-19(22(16-17)37-3)31-13-5-6-20-24(38-26(27,28)29)21-7-4-8-23(35(21)33-20)32-18-11-14-34(2)15-12-18/h4,7-10,16,18,31-32H,11-15H2,1-3H3,(H,30,36). The summed E-state index contributed by atoms with van der Waals surface area (Å²) < 4.78 is 47.5. The zero-order chi connectivity index (χ0) is 27.3. The number of nitrogens with zero attached hydrogens (tertiary/aromatic N) is 3. The van der Waals surface area contributed by atoms with E-state index in [9.17, 15) is 18.0 Å². The Balaban J connectivity index is 1.58. The summed E-state index contributed by atoms with van der Waals surface area (Å²) in [5, 5.41) is 9.25. The molecule has 1 amide bonds. The van der Waals surface area contributed by atoms with E-state index in [4.69, 9.17) is 4.74 Å². The molecule has 0 spiro atoms. The van der Waals surface area contributed by atoms with Crippen molar-refractivity contribution >= 4 is 42.3 Å². The molecular formula is C26H29F3N6O2Se. The summed E-state index contributed by atoms with van der Waals surface area (Å²) in [7, 11) is 5.10. The third-order valence-corrected chi connectivity index (χ3v) is 7.92. The Kier molecular flexibility index (Phi) is 8.72. The molecule has 2 aromatic heterocycles. The van der Waals surface area contributed by atoms with Crippen molar-refractivity contribution in [2.45, 2.75) is 24.0 Å². The molecular weight excluding hydrogens is 564 g/mol. The number of ether oxygens (including phenoxy) is 1. The molecule has 202 valence electrons. The number of benzene rings is 1. The zero-order valence-electron chi connectivity index (χ0n) is 21.3. The molecule has 0 saturated carbocycles. The molecule has 0 atom stereocenters. The molecule has 0 bridgehead atoms. The first-order valence-corrected chi connectivity index (χ1v) is 13.7. The van der Waals surface area contributed by atoms with Crippen molar-refractivity contribution in [1.82, 2.24) is 19.8 Å². The second kappa shape index (κ2) is 12.0. The number of methoxy groups -OCH3 is 1. The van der Waals surface area contributed by atoms with Crippen LogP contribution in [0.5, 0.6) is 5.75 Å². The van der Waals surface area contributed by atoms with Crippen LogP contribution in [0.25, 0.3) is 5.52 Å². The van der Waals surface area contributed by atoms with Gasteiger partial charge in [0.1, 0.15) is 0 Å². The Morgan fingerprint density at radius 2 is 2.00 bits per heavy atom. The summed E-state index contributed by atoms with van der Waals surface area (Å²) in [4.78, 5) is 14.1. The van der Waals surface area contributed by atoms with E-state index in [1.165, 1.54) is 14.2 Å². The Morgan fingerprint density at radius 1 is 1.24 bits per heavy atom. The fraction of sp³-hybridized carbons (Fsp3) is 0.385. The summed E-state index contributed by atoms with van der Waals surface area (Å²) in [6, 6.07) is 10.4. The number of piperidine rings is 1. The molecule has 3 aromatic rings. The van der Waals surface area contributed by atoms with Crippen LogP contribution in [-0.4, -0.2) is 87.3 Å². The topological polar surface area (TPSA) is 82.9 Å². The number of fused-ring (bicyclic) bond motifs is 1. The SMILES string of the molecule is CNC(=O)c1ccc(NCC#Cc2nn3c(NC4CCN(C)CC4)cccc3c2[Se]C(F)(F)F)c(OC)c1. The Hall–Kier alpha value is -3.39. The minimum atomic E-state index is -4.34. The number of alkyl halides is 3. The van der Waals surface area contributed by atoms with Crippen LogP contribution in [0, 0.1) is 11.8 Å². The molecule has 0 unspecified atom stereocenters. The van der Waals surface area contributed by atoms with Crippen molar-refractivity contribution < 1.29 is 22.7 Å². The second-order valence-corrected chi connectivity index (χ2v) is 11.1. The quantitative estimate of drug-likeness (QED) is 0.289. The van der Waals surface area contributed by atoms with Gasteiger partial charge in [0.2, 0.25) is 0 Å². The van der Waals surface area contributed by atoms with Gasteiger partial charge < -0.3 is 0 Å². The Labute approximate surface area is 225 Å². The fourth-order valence-corrected chi connectivity index (χ4v) is 5.63. The number of halogens is 3. The molecule has 1 aromatic carbocycles. The number of hydrogen-bond donors (Lipinski definition) is 3. The van der Waals surface area contributed by atoms with Gasteiger partial charge in [-0.1, -0.05) is 0 Å². The molecule has 38 heavy (non-hydrogen) atoms. The molecule has 3 N–H and O–H groups in total. The number of carbonyl (C=O) groups is 1. The average molecular weight is 594 g/mol. The van der Waals surface area contributed by atoms with Gasteiger partial charge in [0, 0.05) is 7.05 Å².